The normalized spacial score (nSPS) is 13.5. The number of ether oxygens (including phenoxy) is 1. The monoisotopic (exact) mass is 209 g/mol. The average molecular weight is 209 g/mol. The first kappa shape index (κ1) is 11.7. The fourth-order valence-corrected chi connectivity index (χ4v) is 1.36. The van der Waals surface area contributed by atoms with Gasteiger partial charge in [-0.25, -0.2) is 0 Å². The number of nitrogens with zero attached hydrogens (tertiary/aromatic N) is 3. The van der Waals surface area contributed by atoms with E-state index in [-0.39, 0.29) is 17.9 Å². The van der Waals surface area contributed by atoms with Crippen LogP contribution in [-0.4, -0.2) is 17.3 Å². The van der Waals surface area contributed by atoms with Gasteiger partial charge in [-0.05, 0) is 5.41 Å². The van der Waals surface area contributed by atoms with Gasteiger partial charge in [-0.1, -0.05) is 25.9 Å². The molecule has 1 atom stereocenters. The first-order valence-corrected chi connectivity index (χ1v) is 4.71. The zero-order chi connectivity index (χ0) is 11.5. The van der Waals surface area contributed by atoms with Crippen LogP contribution in [0.3, 0.4) is 0 Å². The van der Waals surface area contributed by atoms with Crippen molar-refractivity contribution in [1.82, 2.24) is 10.1 Å². The van der Waals surface area contributed by atoms with Crippen molar-refractivity contribution in [3.8, 4) is 6.07 Å². The maximum absolute atomic E-state index is 8.48. The van der Waals surface area contributed by atoms with Crippen LogP contribution in [0, 0.1) is 16.7 Å². The van der Waals surface area contributed by atoms with Crippen LogP contribution in [0.1, 0.15) is 38.6 Å². The molecular formula is C10H15N3O2. The number of nitriles is 1. The fourth-order valence-electron chi connectivity index (χ4n) is 1.36. The summed E-state index contributed by atoms with van der Waals surface area (Å²) in [7, 11) is 1.61. The third kappa shape index (κ3) is 2.77. The quantitative estimate of drug-likeness (QED) is 0.759. The Kier molecular flexibility index (Phi) is 3.43. The highest BCUT2D eigenvalue weighted by molar-refractivity contribution is 4.99. The first-order chi connectivity index (χ1) is 6.99. The zero-order valence-corrected chi connectivity index (χ0v) is 9.44. The van der Waals surface area contributed by atoms with E-state index in [1.54, 1.807) is 7.11 Å². The molecule has 1 heterocycles. The third-order valence-corrected chi connectivity index (χ3v) is 1.97. The summed E-state index contributed by atoms with van der Waals surface area (Å²) in [6.07, 6.45) is -0.0955. The van der Waals surface area contributed by atoms with Gasteiger partial charge >= 0.3 is 0 Å². The van der Waals surface area contributed by atoms with Crippen molar-refractivity contribution in [2.45, 2.75) is 33.3 Å². The van der Waals surface area contributed by atoms with Crippen LogP contribution in [0.5, 0.6) is 0 Å². The molecule has 0 spiro atoms. The third-order valence-electron chi connectivity index (χ3n) is 1.97. The number of methoxy groups -OCH3 is 1. The number of aromatic nitrogens is 2. The fraction of sp³-hybridized carbons (Fsp3) is 0.700. The molecule has 0 bridgehead atoms. The van der Waals surface area contributed by atoms with E-state index in [1.807, 2.05) is 26.8 Å². The summed E-state index contributed by atoms with van der Waals surface area (Å²) in [4.78, 5) is 4.11. The van der Waals surface area contributed by atoms with E-state index >= 15 is 0 Å². The molecule has 0 saturated carbocycles. The Balaban J connectivity index is 2.89. The van der Waals surface area contributed by atoms with Crippen molar-refractivity contribution in [3.63, 3.8) is 0 Å². The van der Waals surface area contributed by atoms with Crippen LogP contribution in [0.2, 0.25) is 0 Å². The van der Waals surface area contributed by atoms with E-state index in [0.717, 1.165) is 0 Å². The topological polar surface area (TPSA) is 71.9 Å². The molecule has 0 amide bonds. The molecule has 5 heteroatoms. The summed E-state index contributed by atoms with van der Waals surface area (Å²) in [5.41, 5.74) is -0.109. The van der Waals surface area contributed by atoms with Crippen LogP contribution in [0.25, 0.3) is 0 Å². The number of hydrogen-bond donors (Lipinski definition) is 0. The van der Waals surface area contributed by atoms with Crippen LogP contribution >= 0.6 is 0 Å². The molecule has 0 N–H and O–H groups in total. The van der Waals surface area contributed by atoms with Gasteiger partial charge in [0.15, 0.2) is 0 Å². The lowest BCUT2D eigenvalue weighted by atomic mass is 9.88. The van der Waals surface area contributed by atoms with Crippen LogP contribution in [0.4, 0.5) is 0 Å². The van der Waals surface area contributed by atoms with Crippen LogP contribution < -0.4 is 0 Å². The first-order valence-electron chi connectivity index (χ1n) is 4.71. The number of rotatable bonds is 3. The zero-order valence-electron chi connectivity index (χ0n) is 9.44. The number of hydrogen-bond acceptors (Lipinski definition) is 5. The molecule has 1 unspecified atom stereocenters. The highest BCUT2D eigenvalue weighted by atomic mass is 16.5. The Hall–Kier alpha value is -1.41. The second-order valence-corrected chi connectivity index (χ2v) is 4.36. The SMILES string of the molecule is COC(c1noc(CC#N)n1)C(C)(C)C. The van der Waals surface area contributed by atoms with E-state index in [1.165, 1.54) is 0 Å². The van der Waals surface area contributed by atoms with Crippen molar-refractivity contribution in [2.75, 3.05) is 7.11 Å². The van der Waals surface area contributed by atoms with Crippen molar-refractivity contribution in [1.29, 1.82) is 5.26 Å². The Morgan fingerprint density at radius 2 is 2.20 bits per heavy atom. The molecule has 1 aromatic heterocycles. The Labute approximate surface area is 89.0 Å². The van der Waals surface area contributed by atoms with Gasteiger partial charge < -0.3 is 9.26 Å². The smallest absolute Gasteiger partial charge is 0.240 e. The lowest BCUT2D eigenvalue weighted by Crippen LogP contribution is -2.21. The van der Waals surface area contributed by atoms with E-state index in [0.29, 0.717) is 11.7 Å². The van der Waals surface area contributed by atoms with E-state index in [9.17, 15) is 0 Å². The lowest BCUT2D eigenvalue weighted by molar-refractivity contribution is 0.00718. The molecule has 5 nitrogen and oxygen atoms in total. The van der Waals surface area contributed by atoms with Crippen molar-refractivity contribution >= 4 is 0 Å². The summed E-state index contributed by atoms with van der Waals surface area (Å²) in [5, 5.41) is 12.3. The Morgan fingerprint density at radius 1 is 1.53 bits per heavy atom. The predicted octanol–water partition coefficient (Wildman–Crippen LogP) is 1.87. The maximum atomic E-state index is 8.48. The average Bonchev–Trinajstić information content (AvgIpc) is 2.52. The minimum Gasteiger partial charge on any atom is -0.373 e. The molecule has 0 aliphatic carbocycles. The van der Waals surface area contributed by atoms with Gasteiger partial charge in [-0.15, -0.1) is 0 Å². The highest BCUT2D eigenvalue weighted by Gasteiger charge is 2.30. The molecule has 0 saturated heterocycles. The van der Waals surface area contributed by atoms with Crippen molar-refractivity contribution in [2.24, 2.45) is 5.41 Å². The molecule has 1 aromatic rings. The van der Waals surface area contributed by atoms with Gasteiger partial charge in [-0.3, -0.25) is 0 Å². The second-order valence-electron chi connectivity index (χ2n) is 4.36. The summed E-state index contributed by atoms with van der Waals surface area (Å²) >= 11 is 0. The van der Waals surface area contributed by atoms with Gasteiger partial charge in [0, 0.05) is 7.11 Å². The molecule has 0 aliphatic rings. The predicted molar refractivity (Wildman–Crippen MR) is 52.8 cm³/mol. The molecule has 1 rings (SSSR count). The van der Waals surface area contributed by atoms with Gasteiger partial charge in [0.1, 0.15) is 12.5 Å². The summed E-state index contributed by atoms with van der Waals surface area (Å²) < 4.78 is 10.2. The lowest BCUT2D eigenvalue weighted by Gasteiger charge is -2.26. The molecular weight excluding hydrogens is 194 g/mol. The largest absolute Gasteiger partial charge is 0.373 e. The van der Waals surface area contributed by atoms with E-state index in [4.69, 9.17) is 14.5 Å². The molecule has 82 valence electrons. The summed E-state index contributed by atoms with van der Waals surface area (Å²) in [6.45, 7) is 6.09. The summed E-state index contributed by atoms with van der Waals surface area (Å²) in [6, 6.07) is 1.96. The van der Waals surface area contributed by atoms with E-state index < -0.39 is 0 Å². The molecule has 15 heavy (non-hydrogen) atoms. The maximum Gasteiger partial charge on any atom is 0.240 e. The van der Waals surface area contributed by atoms with E-state index in [2.05, 4.69) is 10.1 Å². The van der Waals surface area contributed by atoms with Gasteiger partial charge in [-0.2, -0.15) is 10.2 Å². The summed E-state index contributed by atoms with van der Waals surface area (Å²) in [5.74, 6) is 0.828. The Bertz CT molecular complexity index is 359. The van der Waals surface area contributed by atoms with Crippen molar-refractivity contribution in [3.05, 3.63) is 11.7 Å². The highest BCUT2D eigenvalue weighted by Crippen LogP contribution is 2.33. The van der Waals surface area contributed by atoms with Crippen LogP contribution in [0.15, 0.2) is 4.52 Å². The Morgan fingerprint density at radius 3 is 2.67 bits per heavy atom. The van der Waals surface area contributed by atoms with Crippen LogP contribution in [-0.2, 0) is 11.2 Å². The molecule has 0 aromatic carbocycles. The second kappa shape index (κ2) is 4.41. The molecule has 0 aliphatic heterocycles. The van der Waals surface area contributed by atoms with Gasteiger partial charge in [0.25, 0.3) is 0 Å². The van der Waals surface area contributed by atoms with Crippen molar-refractivity contribution < 1.29 is 9.26 Å². The van der Waals surface area contributed by atoms with Gasteiger partial charge in [0.05, 0.1) is 6.07 Å². The van der Waals surface area contributed by atoms with Gasteiger partial charge in [0.2, 0.25) is 11.7 Å². The molecule has 0 fully saturated rings. The standard InChI is InChI=1S/C10H15N3O2/c1-10(2,3)8(14-4)9-12-7(5-6-11)15-13-9/h8H,5H2,1-4H3. The minimum atomic E-state index is -0.228. The minimum absolute atomic E-state index is 0.109. The molecule has 0 radical (unpaired) electrons.